The molecule has 1 aromatic heterocycles. The molecule has 27 heavy (non-hydrogen) atoms. The first kappa shape index (κ1) is 19.8. The molecule has 3 rings (SSSR count). The molecule has 1 aromatic carbocycles. The fourth-order valence-electron chi connectivity index (χ4n) is 3.11. The third kappa shape index (κ3) is 3.85. The summed E-state index contributed by atoms with van der Waals surface area (Å²) in [5.74, 6) is -1.33. The zero-order valence-electron chi connectivity index (χ0n) is 15.4. The van der Waals surface area contributed by atoms with Crippen molar-refractivity contribution in [3.63, 3.8) is 0 Å². The van der Waals surface area contributed by atoms with Crippen LogP contribution in [0.1, 0.15) is 22.0 Å². The van der Waals surface area contributed by atoms with Gasteiger partial charge < -0.3 is 14.9 Å². The lowest BCUT2D eigenvalue weighted by Crippen LogP contribution is -2.35. The highest BCUT2D eigenvalue weighted by Crippen LogP contribution is 2.41. The number of ketones is 1. The van der Waals surface area contributed by atoms with Crippen LogP contribution in [0.2, 0.25) is 0 Å². The maximum absolute atomic E-state index is 12.8. The topological polar surface area (TPSA) is 60.9 Å². The normalized spacial score (nSPS) is 19.3. The number of thiophene rings is 1. The van der Waals surface area contributed by atoms with Crippen LogP contribution in [0.5, 0.6) is 0 Å². The van der Waals surface area contributed by atoms with Gasteiger partial charge in [-0.3, -0.25) is 9.59 Å². The molecule has 2 aromatic rings. The summed E-state index contributed by atoms with van der Waals surface area (Å²) in [6.45, 7) is 2.95. The van der Waals surface area contributed by atoms with Crippen molar-refractivity contribution in [2.24, 2.45) is 0 Å². The fraction of sp³-hybridized carbons (Fsp3) is 0.300. The maximum atomic E-state index is 12.8. The molecular weight excluding hydrogens is 428 g/mol. The number of likely N-dealkylation sites (N-methyl/N-ethyl adjacent to an activating group) is 1. The smallest absolute Gasteiger partial charge is 0.295 e. The summed E-state index contributed by atoms with van der Waals surface area (Å²) in [5, 5.41) is 12.9. The van der Waals surface area contributed by atoms with Gasteiger partial charge in [-0.05, 0) is 50.2 Å². The predicted octanol–water partition coefficient (Wildman–Crippen LogP) is 3.80. The van der Waals surface area contributed by atoms with Crippen LogP contribution < -0.4 is 0 Å². The van der Waals surface area contributed by atoms with Gasteiger partial charge in [-0.1, -0.05) is 28.1 Å². The molecule has 0 aliphatic carbocycles. The molecular formula is C20H21BrN2O3S. The second kappa shape index (κ2) is 7.96. The van der Waals surface area contributed by atoms with E-state index in [2.05, 4.69) is 15.9 Å². The van der Waals surface area contributed by atoms with Gasteiger partial charge in [0.2, 0.25) is 0 Å². The number of aliphatic hydroxyl groups excluding tert-OH is 1. The van der Waals surface area contributed by atoms with Crippen LogP contribution in [0.15, 0.2) is 45.8 Å². The molecule has 1 aliphatic rings. The van der Waals surface area contributed by atoms with Gasteiger partial charge in [-0.2, -0.15) is 0 Å². The highest BCUT2D eigenvalue weighted by molar-refractivity contribution is 9.10. The third-order valence-electron chi connectivity index (χ3n) is 4.57. The van der Waals surface area contributed by atoms with Crippen LogP contribution in [0.3, 0.4) is 0 Å². The minimum Gasteiger partial charge on any atom is -0.507 e. The minimum atomic E-state index is -0.634. The molecule has 1 amide bonds. The molecule has 0 radical (unpaired) electrons. The number of benzene rings is 1. The number of hydrogen-bond acceptors (Lipinski definition) is 5. The van der Waals surface area contributed by atoms with E-state index < -0.39 is 17.7 Å². The van der Waals surface area contributed by atoms with Crippen LogP contribution in [-0.4, -0.2) is 53.8 Å². The molecule has 1 unspecified atom stereocenters. The van der Waals surface area contributed by atoms with Gasteiger partial charge >= 0.3 is 0 Å². The van der Waals surface area contributed by atoms with Crippen molar-refractivity contribution in [1.29, 1.82) is 0 Å². The molecule has 5 nitrogen and oxygen atoms in total. The van der Waals surface area contributed by atoms with E-state index in [1.807, 2.05) is 49.5 Å². The number of amides is 1. The SMILES string of the molecule is Cc1cc(/C(O)=C2/C(=O)C(=O)N(CCN(C)C)C2c2cccs2)ccc1Br. The highest BCUT2D eigenvalue weighted by atomic mass is 79.9. The Morgan fingerprint density at radius 3 is 2.63 bits per heavy atom. The predicted molar refractivity (Wildman–Crippen MR) is 111 cm³/mol. The van der Waals surface area contributed by atoms with E-state index in [0.717, 1.165) is 14.9 Å². The number of carbonyl (C=O) groups is 2. The Labute approximate surface area is 171 Å². The van der Waals surface area contributed by atoms with Gasteiger partial charge in [0.1, 0.15) is 5.76 Å². The second-order valence-electron chi connectivity index (χ2n) is 6.78. The lowest BCUT2D eigenvalue weighted by atomic mass is 9.99. The van der Waals surface area contributed by atoms with E-state index in [-0.39, 0.29) is 11.3 Å². The van der Waals surface area contributed by atoms with Gasteiger partial charge in [0.15, 0.2) is 0 Å². The van der Waals surface area contributed by atoms with E-state index in [1.54, 1.807) is 17.0 Å². The summed E-state index contributed by atoms with van der Waals surface area (Å²) in [4.78, 5) is 29.9. The van der Waals surface area contributed by atoms with Crippen LogP contribution in [0, 0.1) is 6.92 Å². The molecule has 0 bridgehead atoms. The Morgan fingerprint density at radius 1 is 1.30 bits per heavy atom. The molecule has 1 fully saturated rings. The number of aliphatic hydroxyl groups is 1. The quantitative estimate of drug-likeness (QED) is 0.429. The summed E-state index contributed by atoms with van der Waals surface area (Å²) in [6.07, 6.45) is 0. The molecule has 1 N–H and O–H groups in total. The van der Waals surface area contributed by atoms with Gasteiger partial charge in [0.25, 0.3) is 11.7 Å². The maximum Gasteiger partial charge on any atom is 0.295 e. The van der Waals surface area contributed by atoms with Gasteiger partial charge in [-0.25, -0.2) is 0 Å². The van der Waals surface area contributed by atoms with Crippen molar-refractivity contribution in [3.05, 3.63) is 61.8 Å². The molecule has 7 heteroatoms. The summed E-state index contributed by atoms with van der Waals surface area (Å²) in [7, 11) is 3.84. The Balaban J connectivity index is 2.12. The van der Waals surface area contributed by atoms with Crippen LogP contribution in [0.25, 0.3) is 5.76 Å². The minimum absolute atomic E-state index is 0.130. The number of carbonyl (C=O) groups excluding carboxylic acids is 2. The van der Waals surface area contributed by atoms with E-state index in [9.17, 15) is 14.7 Å². The molecule has 2 heterocycles. The highest BCUT2D eigenvalue weighted by Gasteiger charge is 2.46. The Kier molecular flexibility index (Phi) is 5.83. The Hall–Kier alpha value is -1.96. The van der Waals surface area contributed by atoms with E-state index in [0.29, 0.717) is 18.7 Å². The molecule has 1 atom stereocenters. The first-order valence-electron chi connectivity index (χ1n) is 8.54. The van der Waals surface area contributed by atoms with Crippen molar-refractivity contribution in [1.82, 2.24) is 9.80 Å². The number of halogens is 1. The fourth-order valence-corrected chi connectivity index (χ4v) is 4.20. The summed E-state index contributed by atoms with van der Waals surface area (Å²) < 4.78 is 0.917. The average molecular weight is 449 g/mol. The first-order chi connectivity index (χ1) is 12.8. The molecule has 1 aliphatic heterocycles. The molecule has 1 saturated heterocycles. The van der Waals surface area contributed by atoms with Gasteiger partial charge in [-0.15, -0.1) is 11.3 Å². The zero-order valence-corrected chi connectivity index (χ0v) is 17.8. The van der Waals surface area contributed by atoms with Crippen LogP contribution >= 0.6 is 27.3 Å². The van der Waals surface area contributed by atoms with Crippen LogP contribution in [-0.2, 0) is 9.59 Å². The number of nitrogens with zero attached hydrogens (tertiary/aromatic N) is 2. The second-order valence-corrected chi connectivity index (χ2v) is 8.61. The van der Waals surface area contributed by atoms with Crippen molar-refractivity contribution in [2.45, 2.75) is 13.0 Å². The first-order valence-corrected chi connectivity index (χ1v) is 10.2. The zero-order chi connectivity index (χ0) is 19.7. The Morgan fingerprint density at radius 2 is 2.04 bits per heavy atom. The molecule has 0 saturated carbocycles. The Bertz CT molecular complexity index is 906. The van der Waals surface area contributed by atoms with Crippen molar-refractivity contribution < 1.29 is 14.7 Å². The van der Waals surface area contributed by atoms with Crippen LogP contribution in [0.4, 0.5) is 0 Å². The summed E-state index contributed by atoms with van der Waals surface area (Å²) in [6, 6.07) is 8.59. The molecule has 142 valence electrons. The summed E-state index contributed by atoms with van der Waals surface area (Å²) >= 11 is 4.91. The van der Waals surface area contributed by atoms with E-state index >= 15 is 0 Å². The van der Waals surface area contributed by atoms with Crippen molar-refractivity contribution >= 4 is 44.7 Å². The number of likely N-dealkylation sites (tertiary alicyclic amines) is 1. The summed E-state index contributed by atoms with van der Waals surface area (Å²) in [5.41, 5.74) is 1.62. The number of aryl methyl sites for hydroxylation is 1. The van der Waals surface area contributed by atoms with Crippen molar-refractivity contribution in [2.75, 3.05) is 27.2 Å². The number of hydrogen-bond donors (Lipinski definition) is 1. The van der Waals surface area contributed by atoms with E-state index in [4.69, 9.17) is 0 Å². The monoisotopic (exact) mass is 448 g/mol. The lowest BCUT2D eigenvalue weighted by molar-refractivity contribution is -0.140. The largest absolute Gasteiger partial charge is 0.507 e. The third-order valence-corrected chi connectivity index (χ3v) is 6.39. The average Bonchev–Trinajstić information content (AvgIpc) is 3.23. The van der Waals surface area contributed by atoms with E-state index in [1.165, 1.54) is 11.3 Å². The van der Waals surface area contributed by atoms with Gasteiger partial charge in [0.05, 0.1) is 11.6 Å². The number of rotatable bonds is 5. The van der Waals surface area contributed by atoms with Crippen molar-refractivity contribution in [3.8, 4) is 0 Å². The number of Topliss-reactive ketones (excluding diaryl/α,β-unsaturated/α-hetero) is 1. The lowest BCUT2D eigenvalue weighted by Gasteiger charge is -2.25. The van der Waals surface area contributed by atoms with Gasteiger partial charge in [0, 0.05) is 28.0 Å². The molecule has 0 spiro atoms. The standard InChI is InChI=1S/C20H21BrN2O3S/c1-12-11-13(6-7-14(12)21)18(24)16-17(15-5-4-10-27-15)23(9-8-22(2)3)20(26)19(16)25/h4-7,10-11,17,24H,8-9H2,1-3H3/b18-16-.